The minimum Gasteiger partial charge on any atom is -0.493 e. The lowest BCUT2D eigenvalue weighted by molar-refractivity contribution is 0.130. The number of ether oxygens (including phenoxy) is 3. The highest BCUT2D eigenvalue weighted by Crippen LogP contribution is 2.40. The molecule has 0 aliphatic heterocycles. The second kappa shape index (κ2) is 8.11. The third kappa shape index (κ3) is 4.35. The molecule has 0 heterocycles. The topological polar surface area (TPSA) is 39.7 Å². The summed E-state index contributed by atoms with van der Waals surface area (Å²) in [5.74, 6) is 2.79. The molecule has 2 atom stereocenters. The van der Waals surface area contributed by atoms with Gasteiger partial charge in [0.15, 0.2) is 11.5 Å². The summed E-state index contributed by atoms with van der Waals surface area (Å²) in [5.41, 5.74) is 1.50. The van der Waals surface area contributed by atoms with Gasteiger partial charge >= 0.3 is 0 Å². The molecule has 1 aromatic rings. The summed E-state index contributed by atoms with van der Waals surface area (Å²) in [6, 6.07) is 4.63. The Labute approximate surface area is 146 Å². The Hall–Kier alpha value is -1.42. The molecule has 0 saturated heterocycles. The highest BCUT2D eigenvalue weighted by molar-refractivity contribution is 5.53. The third-order valence-corrected chi connectivity index (χ3v) is 5.17. The van der Waals surface area contributed by atoms with Crippen LogP contribution in [0.1, 0.15) is 52.0 Å². The first-order valence-electron chi connectivity index (χ1n) is 8.93. The molecule has 1 saturated carbocycles. The maximum Gasteiger partial charge on any atom is 0.203 e. The number of benzene rings is 1. The fourth-order valence-corrected chi connectivity index (χ4v) is 3.90. The predicted molar refractivity (Wildman–Crippen MR) is 98.1 cm³/mol. The Kier molecular flexibility index (Phi) is 6.39. The molecular weight excluding hydrogens is 302 g/mol. The van der Waals surface area contributed by atoms with Gasteiger partial charge in [0.25, 0.3) is 0 Å². The average molecular weight is 335 g/mol. The number of rotatable bonds is 6. The molecule has 1 fully saturated rings. The minimum absolute atomic E-state index is 0.341. The molecule has 0 amide bonds. The largest absolute Gasteiger partial charge is 0.493 e. The first kappa shape index (κ1) is 18.9. The Bertz CT molecular complexity index is 511. The fraction of sp³-hybridized carbons (Fsp3) is 0.700. The normalized spacial score (nSPS) is 21.4. The molecule has 1 aliphatic carbocycles. The lowest BCUT2D eigenvalue weighted by Gasteiger charge is -2.41. The molecule has 136 valence electrons. The van der Waals surface area contributed by atoms with Crippen LogP contribution in [0.15, 0.2) is 12.1 Å². The summed E-state index contributed by atoms with van der Waals surface area (Å²) in [6.07, 6.45) is 5.24. The average Bonchev–Trinajstić information content (AvgIpc) is 2.58. The monoisotopic (exact) mass is 335 g/mol. The molecule has 0 spiro atoms. The summed E-state index contributed by atoms with van der Waals surface area (Å²) in [5, 5.41) is 3.78. The van der Waals surface area contributed by atoms with E-state index in [0.29, 0.717) is 34.6 Å². The SMILES string of the molecule is COc1cc(CN[C@H]2CCCC[C@@H]2C(C)(C)C)cc(OC)c1OC. The zero-order valence-electron chi connectivity index (χ0n) is 16.1. The van der Waals surface area contributed by atoms with Crippen molar-refractivity contribution in [2.75, 3.05) is 21.3 Å². The molecule has 4 heteroatoms. The lowest BCUT2D eigenvalue weighted by atomic mass is 9.69. The highest BCUT2D eigenvalue weighted by Gasteiger charge is 2.33. The highest BCUT2D eigenvalue weighted by atomic mass is 16.5. The van der Waals surface area contributed by atoms with Gasteiger partial charge in [0, 0.05) is 12.6 Å². The van der Waals surface area contributed by atoms with E-state index in [1.54, 1.807) is 21.3 Å². The summed E-state index contributed by atoms with van der Waals surface area (Å²) in [4.78, 5) is 0. The number of nitrogens with one attached hydrogen (secondary N) is 1. The van der Waals surface area contributed by atoms with Crippen LogP contribution in [0.3, 0.4) is 0 Å². The van der Waals surface area contributed by atoms with E-state index in [-0.39, 0.29) is 0 Å². The fourth-order valence-electron chi connectivity index (χ4n) is 3.90. The maximum atomic E-state index is 5.45. The molecule has 0 aromatic heterocycles. The van der Waals surface area contributed by atoms with Crippen molar-refractivity contribution in [1.29, 1.82) is 0 Å². The van der Waals surface area contributed by atoms with E-state index in [1.807, 2.05) is 12.1 Å². The number of hydrogen-bond acceptors (Lipinski definition) is 4. The molecule has 2 rings (SSSR count). The zero-order chi connectivity index (χ0) is 17.7. The van der Waals surface area contributed by atoms with E-state index in [2.05, 4.69) is 26.1 Å². The van der Waals surface area contributed by atoms with E-state index in [9.17, 15) is 0 Å². The van der Waals surface area contributed by atoms with Crippen LogP contribution >= 0.6 is 0 Å². The Morgan fingerprint density at radius 3 is 2.04 bits per heavy atom. The Morgan fingerprint density at radius 2 is 1.54 bits per heavy atom. The van der Waals surface area contributed by atoms with Crippen molar-refractivity contribution < 1.29 is 14.2 Å². The summed E-state index contributed by atoms with van der Waals surface area (Å²) >= 11 is 0. The first-order chi connectivity index (χ1) is 11.4. The van der Waals surface area contributed by atoms with Crippen LogP contribution in [0.2, 0.25) is 0 Å². The first-order valence-corrected chi connectivity index (χ1v) is 8.93. The van der Waals surface area contributed by atoms with Crippen molar-refractivity contribution in [2.24, 2.45) is 11.3 Å². The molecule has 1 N–H and O–H groups in total. The van der Waals surface area contributed by atoms with Gasteiger partial charge in [0.1, 0.15) is 0 Å². The van der Waals surface area contributed by atoms with Gasteiger partial charge in [0.05, 0.1) is 21.3 Å². The Balaban J connectivity index is 2.13. The molecule has 0 unspecified atom stereocenters. The summed E-state index contributed by atoms with van der Waals surface area (Å²) in [7, 11) is 4.95. The van der Waals surface area contributed by atoms with Gasteiger partial charge in [-0.1, -0.05) is 33.6 Å². The van der Waals surface area contributed by atoms with Gasteiger partial charge in [-0.3, -0.25) is 0 Å². The quantitative estimate of drug-likeness (QED) is 0.836. The molecule has 0 bridgehead atoms. The van der Waals surface area contributed by atoms with Gasteiger partial charge in [-0.05, 0) is 41.9 Å². The van der Waals surface area contributed by atoms with E-state index in [1.165, 1.54) is 25.7 Å². The standard InChI is InChI=1S/C20H33NO3/c1-20(2,3)15-9-7-8-10-16(15)21-13-14-11-17(22-4)19(24-6)18(12-14)23-5/h11-12,15-16,21H,7-10,13H2,1-6H3/t15-,16-/m0/s1. The zero-order valence-corrected chi connectivity index (χ0v) is 16.1. The van der Waals surface area contributed by atoms with E-state index < -0.39 is 0 Å². The summed E-state index contributed by atoms with van der Waals surface area (Å²) in [6.45, 7) is 7.89. The van der Waals surface area contributed by atoms with Crippen LogP contribution in [-0.2, 0) is 6.54 Å². The second-order valence-corrected chi connectivity index (χ2v) is 7.78. The second-order valence-electron chi connectivity index (χ2n) is 7.78. The van der Waals surface area contributed by atoms with E-state index in [0.717, 1.165) is 12.1 Å². The maximum absolute atomic E-state index is 5.45. The van der Waals surface area contributed by atoms with Crippen LogP contribution in [0, 0.1) is 11.3 Å². The van der Waals surface area contributed by atoms with Crippen LogP contribution < -0.4 is 19.5 Å². The van der Waals surface area contributed by atoms with Crippen molar-refractivity contribution in [2.45, 2.75) is 59.0 Å². The van der Waals surface area contributed by atoms with E-state index >= 15 is 0 Å². The van der Waals surface area contributed by atoms with Gasteiger partial charge in [-0.2, -0.15) is 0 Å². The smallest absolute Gasteiger partial charge is 0.203 e. The van der Waals surface area contributed by atoms with Crippen LogP contribution in [0.5, 0.6) is 17.2 Å². The van der Waals surface area contributed by atoms with Gasteiger partial charge < -0.3 is 19.5 Å². The van der Waals surface area contributed by atoms with Crippen LogP contribution in [-0.4, -0.2) is 27.4 Å². The van der Waals surface area contributed by atoms with Crippen molar-refractivity contribution in [3.63, 3.8) is 0 Å². The summed E-state index contributed by atoms with van der Waals surface area (Å²) < 4.78 is 16.3. The van der Waals surface area contributed by atoms with E-state index in [4.69, 9.17) is 14.2 Å². The molecule has 4 nitrogen and oxygen atoms in total. The number of methoxy groups -OCH3 is 3. The van der Waals surface area contributed by atoms with Gasteiger partial charge in [0.2, 0.25) is 5.75 Å². The van der Waals surface area contributed by atoms with Crippen molar-refractivity contribution in [3.8, 4) is 17.2 Å². The molecule has 24 heavy (non-hydrogen) atoms. The van der Waals surface area contributed by atoms with Crippen molar-refractivity contribution >= 4 is 0 Å². The number of hydrogen-bond donors (Lipinski definition) is 1. The van der Waals surface area contributed by atoms with Gasteiger partial charge in [-0.25, -0.2) is 0 Å². The lowest BCUT2D eigenvalue weighted by Crippen LogP contribution is -2.43. The molecule has 1 aliphatic rings. The Morgan fingerprint density at radius 1 is 0.958 bits per heavy atom. The van der Waals surface area contributed by atoms with Crippen molar-refractivity contribution in [3.05, 3.63) is 17.7 Å². The van der Waals surface area contributed by atoms with Gasteiger partial charge in [-0.15, -0.1) is 0 Å². The minimum atomic E-state index is 0.341. The van der Waals surface area contributed by atoms with Crippen LogP contribution in [0.4, 0.5) is 0 Å². The van der Waals surface area contributed by atoms with Crippen LogP contribution in [0.25, 0.3) is 0 Å². The predicted octanol–water partition coefficient (Wildman–Crippen LogP) is 4.41. The molecule has 0 radical (unpaired) electrons. The molecular formula is C20H33NO3. The molecule has 1 aromatic carbocycles. The van der Waals surface area contributed by atoms with Crippen molar-refractivity contribution in [1.82, 2.24) is 5.32 Å². The third-order valence-electron chi connectivity index (χ3n) is 5.17.